The largest absolute Gasteiger partial charge is 0.465 e. The van der Waals surface area contributed by atoms with E-state index in [1.807, 2.05) is 13.8 Å². The zero-order valence-corrected chi connectivity index (χ0v) is 13.1. The van der Waals surface area contributed by atoms with E-state index in [-0.39, 0.29) is 12.0 Å². The van der Waals surface area contributed by atoms with Gasteiger partial charge in [-0.1, -0.05) is 25.1 Å². The fraction of sp³-hybridized carbons (Fsp3) is 0.588. The molecule has 1 heterocycles. The molecular formula is C17H26N2O2. The van der Waals surface area contributed by atoms with Crippen LogP contribution in [0, 0.1) is 0 Å². The van der Waals surface area contributed by atoms with Gasteiger partial charge in [-0.15, -0.1) is 0 Å². The number of ether oxygens (including phenoxy) is 1. The van der Waals surface area contributed by atoms with E-state index in [2.05, 4.69) is 34.5 Å². The number of para-hydroxylation sites is 1. The Labute approximate surface area is 127 Å². The summed E-state index contributed by atoms with van der Waals surface area (Å²) in [4.78, 5) is 14.4. The van der Waals surface area contributed by atoms with Gasteiger partial charge in [0.1, 0.15) is 6.04 Å². The van der Waals surface area contributed by atoms with Crippen molar-refractivity contribution < 1.29 is 9.53 Å². The second-order valence-corrected chi connectivity index (χ2v) is 5.39. The van der Waals surface area contributed by atoms with Gasteiger partial charge in [0, 0.05) is 18.8 Å². The average Bonchev–Trinajstić information content (AvgIpc) is 2.70. The molecule has 4 nitrogen and oxygen atoms in total. The third-order valence-electron chi connectivity index (χ3n) is 3.88. The van der Waals surface area contributed by atoms with E-state index in [1.54, 1.807) is 0 Å². The Hall–Kier alpha value is -1.55. The summed E-state index contributed by atoms with van der Waals surface area (Å²) in [5.41, 5.74) is 2.65. The lowest BCUT2D eigenvalue weighted by atomic mass is 10.1. The predicted octanol–water partition coefficient (Wildman–Crippen LogP) is 2.37. The highest BCUT2D eigenvalue weighted by Gasteiger charge is 2.24. The van der Waals surface area contributed by atoms with E-state index in [0.29, 0.717) is 13.2 Å². The minimum absolute atomic E-state index is 0.152. The number of rotatable bonds is 6. The maximum atomic E-state index is 12.1. The van der Waals surface area contributed by atoms with Crippen molar-refractivity contribution >= 4 is 11.7 Å². The van der Waals surface area contributed by atoms with Crippen LogP contribution >= 0.6 is 0 Å². The summed E-state index contributed by atoms with van der Waals surface area (Å²) in [5, 5.41) is 3.25. The highest BCUT2D eigenvalue weighted by atomic mass is 16.5. The van der Waals surface area contributed by atoms with Crippen molar-refractivity contribution in [3.8, 4) is 0 Å². The van der Waals surface area contributed by atoms with Gasteiger partial charge >= 0.3 is 5.97 Å². The predicted molar refractivity (Wildman–Crippen MR) is 85.7 cm³/mol. The van der Waals surface area contributed by atoms with Crippen molar-refractivity contribution in [3.05, 3.63) is 29.8 Å². The molecule has 1 N–H and O–H groups in total. The average molecular weight is 290 g/mol. The molecule has 1 aromatic rings. The number of benzene rings is 1. The quantitative estimate of drug-likeness (QED) is 0.817. The van der Waals surface area contributed by atoms with Gasteiger partial charge in [0.15, 0.2) is 0 Å². The summed E-state index contributed by atoms with van der Waals surface area (Å²) in [5.74, 6) is -0.152. The molecule has 0 aliphatic carbocycles. The lowest BCUT2D eigenvalue weighted by Gasteiger charge is -2.29. The van der Waals surface area contributed by atoms with Crippen LogP contribution in [0.2, 0.25) is 0 Å². The summed E-state index contributed by atoms with van der Waals surface area (Å²) in [6, 6.07) is 8.26. The molecule has 1 aliphatic heterocycles. The maximum Gasteiger partial charge on any atom is 0.324 e. The molecule has 0 spiro atoms. The third-order valence-corrected chi connectivity index (χ3v) is 3.88. The van der Waals surface area contributed by atoms with Crippen LogP contribution in [0.5, 0.6) is 0 Å². The van der Waals surface area contributed by atoms with E-state index < -0.39 is 0 Å². The molecule has 0 aromatic heterocycles. The number of hydrogen-bond acceptors (Lipinski definition) is 4. The van der Waals surface area contributed by atoms with E-state index in [0.717, 1.165) is 25.9 Å². The van der Waals surface area contributed by atoms with Crippen molar-refractivity contribution in [2.75, 3.05) is 31.1 Å². The van der Waals surface area contributed by atoms with Gasteiger partial charge in [-0.25, -0.2) is 0 Å². The smallest absolute Gasteiger partial charge is 0.324 e. The zero-order valence-electron chi connectivity index (χ0n) is 13.1. The maximum absolute atomic E-state index is 12.1. The molecule has 1 aliphatic rings. The number of nitrogens with one attached hydrogen (secondary N) is 1. The van der Waals surface area contributed by atoms with E-state index in [1.165, 1.54) is 17.7 Å². The molecule has 4 heteroatoms. The first kappa shape index (κ1) is 15.8. The molecule has 2 rings (SSSR count). The number of esters is 1. The zero-order chi connectivity index (χ0) is 15.1. The van der Waals surface area contributed by atoms with Gasteiger partial charge in [-0.05, 0) is 44.4 Å². The number of nitrogens with zero attached hydrogens (tertiary/aromatic N) is 1. The number of carbonyl (C=O) groups excluding carboxylic acids is 1. The first-order valence-corrected chi connectivity index (χ1v) is 7.99. The normalized spacial score (nSPS) is 16.0. The Bertz CT molecular complexity index is 462. The lowest BCUT2D eigenvalue weighted by Crippen LogP contribution is -2.47. The molecule has 116 valence electrons. The summed E-state index contributed by atoms with van der Waals surface area (Å²) in [6.07, 6.45) is 3.49. The van der Waals surface area contributed by atoms with Crippen LogP contribution in [0.15, 0.2) is 24.3 Å². The summed E-state index contributed by atoms with van der Waals surface area (Å²) in [7, 11) is 0. The van der Waals surface area contributed by atoms with Crippen LogP contribution in [-0.4, -0.2) is 38.3 Å². The molecule has 1 atom stereocenters. The van der Waals surface area contributed by atoms with Crippen LogP contribution in [0.4, 0.5) is 5.69 Å². The molecule has 0 saturated carbocycles. The molecule has 21 heavy (non-hydrogen) atoms. The Morgan fingerprint density at radius 2 is 2.14 bits per heavy atom. The van der Waals surface area contributed by atoms with Crippen LogP contribution in [0.1, 0.15) is 32.3 Å². The van der Waals surface area contributed by atoms with Gasteiger partial charge < -0.3 is 15.0 Å². The van der Waals surface area contributed by atoms with E-state index in [9.17, 15) is 4.79 Å². The van der Waals surface area contributed by atoms with Crippen LogP contribution in [-0.2, 0) is 16.0 Å². The van der Waals surface area contributed by atoms with E-state index in [4.69, 9.17) is 4.74 Å². The standard InChI is InChI=1S/C17H26N2O2/c1-3-18-15(17(20)21-4-2)13-19-12-8-7-10-14-9-5-6-11-16(14)19/h5-6,9,11,15,18H,3-4,7-8,10,12-13H2,1-2H3. The summed E-state index contributed by atoms with van der Waals surface area (Å²) >= 11 is 0. The monoisotopic (exact) mass is 290 g/mol. The molecule has 0 bridgehead atoms. The summed E-state index contributed by atoms with van der Waals surface area (Å²) < 4.78 is 5.19. The SMILES string of the molecule is CCNC(CN1CCCCc2ccccc21)C(=O)OCC. The fourth-order valence-electron chi connectivity index (χ4n) is 2.89. The van der Waals surface area contributed by atoms with Crippen LogP contribution < -0.4 is 10.2 Å². The van der Waals surface area contributed by atoms with Crippen molar-refractivity contribution in [3.63, 3.8) is 0 Å². The second kappa shape index (κ2) is 8.03. The minimum Gasteiger partial charge on any atom is -0.465 e. The molecular weight excluding hydrogens is 264 g/mol. The highest BCUT2D eigenvalue weighted by molar-refractivity contribution is 5.77. The Kier molecular flexibility index (Phi) is 6.05. The van der Waals surface area contributed by atoms with Crippen LogP contribution in [0.3, 0.4) is 0 Å². The van der Waals surface area contributed by atoms with Gasteiger partial charge in [-0.3, -0.25) is 4.79 Å². The number of anilines is 1. The number of hydrogen-bond donors (Lipinski definition) is 1. The fourth-order valence-corrected chi connectivity index (χ4v) is 2.89. The van der Waals surface area contributed by atoms with Gasteiger partial charge in [0.05, 0.1) is 6.61 Å². The number of fused-ring (bicyclic) bond motifs is 1. The van der Waals surface area contributed by atoms with Crippen molar-refractivity contribution in [2.45, 2.75) is 39.2 Å². The molecule has 0 amide bonds. The molecule has 1 unspecified atom stereocenters. The lowest BCUT2D eigenvalue weighted by molar-refractivity contribution is -0.145. The molecule has 0 fully saturated rings. The summed E-state index contributed by atoms with van der Waals surface area (Å²) in [6.45, 7) is 6.73. The minimum atomic E-state index is -0.263. The first-order chi connectivity index (χ1) is 10.3. The molecule has 0 radical (unpaired) electrons. The van der Waals surface area contributed by atoms with Gasteiger partial charge in [-0.2, -0.15) is 0 Å². The van der Waals surface area contributed by atoms with Crippen LogP contribution in [0.25, 0.3) is 0 Å². The van der Waals surface area contributed by atoms with E-state index >= 15 is 0 Å². The molecule has 0 saturated heterocycles. The Balaban J connectivity index is 2.14. The second-order valence-electron chi connectivity index (χ2n) is 5.39. The number of aryl methyl sites for hydroxylation is 1. The van der Waals surface area contributed by atoms with Crippen molar-refractivity contribution in [2.24, 2.45) is 0 Å². The van der Waals surface area contributed by atoms with Gasteiger partial charge in [0.25, 0.3) is 0 Å². The number of likely N-dealkylation sites (N-methyl/N-ethyl adjacent to an activating group) is 1. The Morgan fingerprint density at radius 3 is 2.90 bits per heavy atom. The van der Waals surface area contributed by atoms with Crippen molar-refractivity contribution in [1.29, 1.82) is 0 Å². The third kappa shape index (κ3) is 4.21. The Morgan fingerprint density at radius 1 is 1.33 bits per heavy atom. The number of carbonyl (C=O) groups is 1. The highest BCUT2D eigenvalue weighted by Crippen LogP contribution is 2.26. The van der Waals surface area contributed by atoms with Crippen molar-refractivity contribution in [1.82, 2.24) is 5.32 Å². The topological polar surface area (TPSA) is 41.6 Å². The first-order valence-electron chi connectivity index (χ1n) is 7.99. The molecule has 1 aromatic carbocycles. The van der Waals surface area contributed by atoms with Gasteiger partial charge in [0.2, 0.25) is 0 Å².